The van der Waals surface area contributed by atoms with E-state index in [1.54, 1.807) is 17.7 Å². The van der Waals surface area contributed by atoms with E-state index in [0.29, 0.717) is 12.7 Å². The first kappa shape index (κ1) is 14.1. The van der Waals surface area contributed by atoms with Crippen molar-refractivity contribution in [3.63, 3.8) is 0 Å². The Labute approximate surface area is 127 Å². The highest BCUT2D eigenvalue weighted by Gasteiger charge is 2.20. The van der Waals surface area contributed by atoms with Crippen molar-refractivity contribution in [3.8, 4) is 0 Å². The van der Waals surface area contributed by atoms with E-state index < -0.39 is 0 Å². The van der Waals surface area contributed by atoms with Gasteiger partial charge in [-0.15, -0.1) is 11.3 Å². The third-order valence-corrected chi connectivity index (χ3v) is 4.79. The first-order chi connectivity index (χ1) is 9.79. The van der Waals surface area contributed by atoms with Crippen LogP contribution in [0.5, 0.6) is 0 Å². The van der Waals surface area contributed by atoms with Crippen molar-refractivity contribution in [1.82, 2.24) is 14.9 Å². The molecule has 4 nitrogen and oxygen atoms in total. The van der Waals surface area contributed by atoms with Gasteiger partial charge >= 0.3 is 0 Å². The molecule has 1 aliphatic heterocycles. The van der Waals surface area contributed by atoms with Crippen LogP contribution in [0.3, 0.4) is 0 Å². The minimum atomic E-state index is 0.362. The van der Waals surface area contributed by atoms with Crippen LogP contribution in [-0.2, 0) is 17.9 Å². The van der Waals surface area contributed by atoms with Gasteiger partial charge in [0.05, 0.1) is 35.3 Å². The Morgan fingerprint density at radius 2 is 2.25 bits per heavy atom. The third kappa shape index (κ3) is 3.82. The van der Waals surface area contributed by atoms with Crippen LogP contribution in [0.1, 0.15) is 23.4 Å². The summed E-state index contributed by atoms with van der Waals surface area (Å²) in [6.07, 6.45) is 6.05. The first-order valence-electron chi connectivity index (χ1n) is 6.85. The second-order valence-corrected chi connectivity index (χ2v) is 6.87. The van der Waals surface area contributed by atoms with Gasteiger partial charge in [0.25, 0.3) is 0 Å². The highest BCUT2D eigenvalue weighted by atomic mass is 35.5. The summed E-state index contributed by atoms with van der Waals surface area (Å²) < 4.78 is 6.79. The lowest BCUT2D eigenvalue weighted by Crippen LogP contribution is -2.36. The van der Waals surface area contributed by atoms with E-state index in [9.17, 15) is 0 Å². The molecule has 108 valence electrons. The topological polar surface area (TPSA) is 41.1 Å². The number of rotatable bonds is 5. The number of aromatic nitrogens is 2. The molecule has 0 bridgehead atoms. The number of nitrogens with one attached hydrogen (secondary N) is 1. The number of ether oxygens (including phenoxy) is 1. The summed E-state index contributed by atoms with van der Waals surface area (Å²) >= 11 is 7.64. The van der Waals surface area contributed by atoms with Gasteiger partial charge in [0.2, 0.25) is 0 Å². The van der Waals surface area contributed by atoms with Crippen LogP contribution < -0.4 is 0 Å². The predicted molar refractivity (Wildman–Crippen MR) is 81.0 cm³/mol. The Balaban J connectivity index is 1.40. The minimum absolute atomic E-state index is 0.362. The van der Waals surface area contributed by atoms with Crippen molar-refractivity contribution in [1.29, 1.82) is 0 Å². The summed E-state index contributed by atoms with van der Waals surface area (Å²) in [5, 5.41) is 0. The molecule has 0 atom stereocenters. The molecule has 3 heterocycles. The van der Waals surface area contributed by atoms with Gasteiger partial charge in [-0.3, -0.25) is 4.90 Å². The summed E-state index contributed by atoms with van der Waals surface area (Å²) in [6, 6.07) is 4.09. The summed E-state index contributed by atoms with van der Waals surface area (Å²) in [7, 11) is 0. The fourth-order valence-corrected chi connectivity index (χ4v) is 3.59. The molecule has 0 unspecified atom stereocenters. The van der Waals surface area contributed by atoms with Crippen LogP contribution in [0.2, 0.25) is 4.34 Å². The Kier molecular flexibility index (Phi) is 4.73. The SMILES string of the molecule is Clc1ccc(CN2CCC(OCc3cnc[nH]3)CC2)s1. The Bertz CT molecular complexity index is 520. The molecule has 2 aromatic rings. The van der Waals surface area contributed by atoms with Crippen molar-refractivity contribution in [2.75, 3.05) is 13.1 Å². The smallest absolute Gasteiger partial charge is 0.0931 e. The highest BCUT2D eigenvalue weighted by Crippen LogP contribution is 2.24. The van der Waals surface area contributed by atoms with E-state index in [1.807, 2.05) is 12.3 Å². The van der Waals surface area contributed by atoms with Crippen LogP contribution in [0.4, 0.5) is 0 Å². The lowest BCUT2D eigenvalue weighted by Gasteiger charge is -2.31. The Morgan fingerprint density at radius 3 is 2.90 bits per heavy atom. The van der Waals surface area contributed by atoms with Crippen molar-refractivity contribution < 1.29 is 4.74 Å². The summed E-state index contributed by atoms with van der Waals surface area (Å²) in [5.41, 5.74) is 1.04. The Hall–Kier alpha value is -0.880. The Morgan fingerprint density at radius 1 is 1.40 bits per heavy atom. The molecule has 0 radical (unpaired) electrons. The molecule has 1 aliphatic rings. The van der Waals surface area contributed by atoms with Gasteiger partial charge in [0, 0.05) is 24.5 Å². The van der Waals surface area contributed by atoms with E-state index in [-0.39, 0.29) is 0 Å². The zero-order valence-corrected chi connectivity index (χ0v) is 12.8. The molecular weight excluding hydrogens is 294 g/mol. The zero-order chi connectivity index (χ0) is 13.8. The van der Waals surface area contributed by atoms with Gasteiger partial charge in [0.1, 0.15) is 0 Å². The predicted octanol–water partition coefficient (Wildman–Crippen LogP) is 3.31. The average Bonchev–Trinajstić information content (AvgIpc) is 3.10. The molecule has 0 saturated carbocycles. The third-order valence-electron chi connectivity index (χ3n) is 3.57. The molecule has 3 rings (SSSR count). The number of hydrogen-bond acceptors (Lipinski definition) is 4. The van der Waals surface area contributed by atoms with Crippen LogP contribution in [0, 0.1) is 0 Å². The number of aromatic amines is 1. The number of H-pyrrole nitrogens is 1. The fourth-order valence-electron chi connectivity index (χ4n) is 2.46. The molecule has 0 aromatic carbocycles. The maximum atomic E-state index is 5.96. The lowest BCUT2D eigenvalue weighted by molar-refractivity contribution is -0.00493. The number of hydrogen-bond donors (Lipinski definition) is 1. The zero-order valence-electron chi connectivity index (χ0n) is 11.2. The highest BCUT2D eigenvalue weighted by molar-refractivity contribution is 7.16. The molecule has 1 N–H and O–H groups in total. The van der Waals surface area contributed by atoms with Gasteiger partial charge in [-0.25, -0.2) is 4.98 Å². The average molecular weight is 312 g/mol. The maximum Gasteiger partial charge on any atom is 0.0931 e. The number of thiophene rings is 1. The van der Waals surface area contributed by atoms with Gasteiger partial charge in [-0.05, 0) is 25.0 Å². The van der Waals surface area contributed by atoms with Crippen molar-refractivity contribution in [2.24, 2.45) is 0 Å². The quantitative estimate of drug-likeness (QED) is 0.921. The molecule has 20 heavy (non-hydrogen) atoms. The summed E-state index contributed by atoms with van der Waals surface area (Å²) in [6.45, 7) is 3.81. The van der Waals surface area contributed by atoms with Gasteiger partial charge < -0.3 is 9.72 Å². The van der Waals surface area contributed by atoms with Crippen LogP contribution in [0.15, 0.2) is 24.7 Å². The van der Waals surface area contributed by atoms with E-state index in [0.717, 1.165) is 42.5 Å². The molecule has 1 saturated heterocycles. The standard InChI is InChI=1S/C14H18ClN3OS/c15-14-2-1-13(20-14)8-18-5-3-12(4-6-18)19-9-11-7-16-10-17-11/h1-2,7,10,12H,3-6,8-9H2,(H,16,17). The maximum absolute atomic E-state index is 5.96. The lowest BCUT2D eigenvalue weighted by atomic mass is 10.1. The van der Waals surface area contributed by atoms with E-state index in [2.05, 4.69) is 20.9 Å². The normalized spacial score (nSPS) is 17.6. The second kappa shape index (κ2) is 6.72. The van der Waals surface area contributed by atoms with Crippen molar-refractivity contribution in [2.45, 2.75) is 32.1 Å². The molecular formula is C14H18ClN3OS. The fraction of sp³-hybridized carbons (Fsp3) is 0.500. The molecule has 6 heteroatoms. The van der Waals surface area contributed by atoms with Gasteiger partial charge in [-0.2, -0.15) is 0 Å². The largest absolute Gasteiger partial charge is 0.372 e. The van der Waals surface area contributed by atoms with Crippen molar-refractivity contribution in [3.05, 3.63) is 39.6 Å². The number of halogens is 1. The number of likely N-dealkylation sites (tertiary alicyclic amines) is 1. The minimum Gasteiger partial charge on any atom is -0.372 e. The van der Waals surface area contributed by atoms with E-state index >= 15 is 0 Å². The van der Waals surface area contributed by atoms with E-state index in [4.69, 9.17) is 16.3 Å². The van der Waals surface area contributed by atoms with E-state index in [1.165, 1.54) is 4.88 Å². The van der Waals surface area contributed by atoms with Gasteiger partial charge in [-0.1, -0.05) is 11.6 Å². The first-order valence-corrected chi connectivity index (χ1v) is 8.04. The molecule has 2 aromatic heterocycles. The molecule has 0 amide bonds. The summed E-state index contributed by atoms with van der Waals surface area (Å²) in [4.78, 5) is 10.9. The van der Waals surface area contributed by atoms with Gasteiger partial charge in [0.15, 0.2) is 0 Å². The van der Waals surface area contributed by atoms with Crippen LogP contribution >= 0.6 is 22.9 Å². The number of nitrogens with zero attached hydrogens (tertiary/aromatic N) is 2. The van der Waals surface area contributed by atoms with Crippen LogP contribution in [0.25, 0.3) is 0 Å². The molecule has 0 aliphatic carbocycles. The summed E-state index contributed by atoms with van der Waals surface area (Å²) in [5.74, 6) is 0. The second-order valence-electron chi connectivity index (χ2n) is 5.07. The molecule has 1 fully saturated rings. The monoisotopic (exact) mass is 311 g/mol. The number of imidazole rings is 1. The molecule has 0 spiro atoms. The number of piperidine rings is 1. The van der Waals surface area contributed by atoms with Crippen molar-refractivity contribution >= 4 is 22.9 Å². The van der Waals surface area contributed by atoms with Crippen LogP contribution in [-0.4, -0.2) is 34.1 Å².